The highest BCUT2D eigenvalue weighted by Crippen LogP contribution is 2.34. The average Bonchev–Trinajstić information content (AvgIpc) is 2.68. The Hall–Kier alpha value is -1.85. The third kappa shape index (κ3) is 5.86. The number of hydrogen-bond acceptors (Lipinski definition) is 4. The Morgan fingerprint density at radius 1 is 1.03 bits per heavy atom. The van der Waals surface area contributed by atoms with E-state index in [0.717, 1.165) is 6.07 Å². The SMILES string of the molecule is CS(=O)(=O)N1CCC(OC2CCN(C(=O)Nc3ccccc3C(F)(F)F)CC2)CC1. The van der Waals surface area contributed by atoms with Crippen molar-refractivity contribution in [3.63, 3.8) is 0 Å². The van der Waals surface area contributed by atoms with Crippen LogP contribution in [-0.2, 0) is 20.9 Å². The lowest BCUT2D eigenvalue weighted by Crippen LogP contribution is -2.45. The average molecular weight is 449 g/mol. The van der Waals surface area contributed by atoms with E-state index in [-0.39, 0.29) is 17.9 Å². The number of para-hydroxylation sites is 1. The number of hydrogen-bond donors (Lipinski definition) is 1. The molecule has 0 bridgehead atoms. The molecule has 30 heavy (non-hydrogen) atoms. The number of likely N-dealkylation sites (tertiary alicyclic amines) is 1. The number of benzene rings is 1. The summed E-state index contributed by atoms with van der Waals surface area (Å²) in [4.78, 5) is 13.9. The Morgan fingerprint density at radius 3 is 2.10 bits per heavy atom. The summed E-state index contributed by atoms with van der Waals surface area (Å²) in [7, 11) is -3.18. The maximum atomic E-state index is 13.1. The van der Waals surface area contributed by atoms with Crippen LogP contribution in [0.1, 0.15) is 31.2 Å². The highest BCUT2D eigenvalue weighted by Gasteiger charge is 2.34. The van der Waals surface area contributed by atoms with Gasteiger partial charge in [0.1, 0.15) is 0 Å². The number of anilines is 1. The van der Waals surface area contributed by atoms with E-state index in [1.807, 2.05) is 0 Å². The van der Waals surface area contributed by atoms with E-state index in [1.165, 1.54) is 33.7 Å². The molecule has 0 saturated carbocycles. The lowest BCUT2D eigenvalue weighted by Gasteiger charge is -2.36. The van der Waals surface area contributed by atoms with Crippen molar-refractivity contribution in [3.05, 3.63) is 29.8 Å². The summed E-state index contributed by atoms with van der Waals surface area (Å²) >= 11 is 0. The molecule has 2 aliphatic rings. The van der Waals surface area contributed by atoms with Crippen molar-refractivity contribution in [1.82, 2.24) is 9.21 Å². The molecular weight excluding hydrogens is 423 g/mol. The van der Waals surface area contributed by atoms with E-state index in [0.29, 0.717) is 51.9 Å². The highest BCUT2D eigenvalue weighted by atomic mass is 32.2. The molecule has 0 aromatic heterocycles. The van der Waals surface area contributed by atoms with E-state index in [2.05, 4.69) is 5.32 Å². The van der Waals surface area contributed by atoms with E-state index in [1.54, 1.807) is 0 Å². The first kappa shape index (κ1) is 22.8. The molecule has 1 N–H and O–H groups in total. The van der Waals surface area contributed by atoms with Crippen LogP contribution in [-0.4, -0.2) is 68.3 Å². The predicted molar refractivity (Wildman–Crippen MR) is 106 cm³/mol. The van der Waals surface area contributed by atoms with Crippen molar-refractivity contribution in [2.75, 3.05) is 37.8 Å². The lowest BCUT2D eigenvalue weighted by molar-refractivity contribution is -0.136. The van der Waals surface area contributed by atoms with Gasteiger partial charge in [-0.1, -0.05) is 12.1 Å². The molecule has 3 rings (SSSR count). The predicted octanol–water partition coefficient (Wildman–Crippen LogP) is 3.14. The summed E-state index contributed by atoms with van der Waals surface area (Å²) in [5.74, 6) is 0. The first-order valence-corrected chi connectivity index (χ1v) is 11.7. The minimum absolute atomic E-state index is 0.0213. The van der Waals surface area contributed by atoms with Gasteiger partial charge in [0.25, 0.3) is 0 Å². The molecule has 11 heteroatoms. The minimum Gasteiger partial charge on any atom is -0.375 e. The molecule has 0 aliphatic carbocycles. The number of sulfonamides is 1. The normalized spacial score (nSPS) is 20.3. The minimum atomic E-state index is -4.54. The highest BCUT2D eigenvalue weighted by molar-refractivity contribution is 7.88. The van der Waals surface area contributed by atoms with Gasteiger partial charge in [-0.05, 0) is 37.8 Å². The summed E-state index contributed by atoms with van der Waals surface area (Å²) in [6.07, 6.45) is -0.997. The van der Waals surface area contributed by atoms with Gasteiger partial charge in [-0.2, -0.15) is 13.2 Å². The molecule has 0 spiro atoms. The monoisotopic (exact) mass is 449 g/mol. The number of amides is 2. The Bertz CT molecular complexity index is 847. The fourth-order valence-electron chi connectivity index (χ4n) is 3.80. The van der Waals surface area contributed by atoms with Crippen molar-refractivity contribution >= 4 is 21.7 Å². The van der Waals surface area contributed by atoms with E-state index >= 15 is 0 Å². The molecule has 168 valence electrons. The van der Waals surface area contributed by atoms with Crippen LogP contribution in [0.4, 0.5) is 23.7 Å². The van der Waals surface area contributed by atoms with Crippen LogP contribution >= 0.6 is 0 Å². The largest absolute Gasteiger partial charge is 0.418 e. The van der Waals surface area contributed by atoms with Crippen molar-refractivity contribution in [2.45, 2.75) is 44.1 Å². The summed E-state index contributed by atoms with van der Waals surface area (Å²) in [5.41, 5.74) is -1.14. The quantitative estimate of drug-likeness (QED) is 0.766. The Labute approximate surface area is 174 Å². The molecule has 2 aliphatic heterocycles. The van der Waals surface area contributed by atoms with Crippen molar-refractivity contribution in [1.29, 1.82) is 0 Å². The van der Waals surface area contributed by atoms with Gasteiger partial charge in [0.2, 0.25) is 10.0 Å². The molecular formula is C19H26F3N3O4S. The molecule has 7 nitrogen and oxygen atoms in total. The second-order valence-electron chi connectivity index (χ2n) is 7.66. The molecule has 1 aromatic carbocycles. The zero-order valence-corrected chi connectivity index (χ0v) is 17.5. The topological polar surface area (TPSA) is 79.0 Å². The number of piperidine rings is 2. The zero-order chi connectivity index (χ0) is 21.9. The third-order valence-corrected chi connectivity index (χ3v) is 6.76. The summed E-state index contributed by atoms with van der Waals surface area (Å²) in [6.45, 7) is 1.63. The smallest absolute Gasteiger partial charge is 0.375 e. The number of ether oxygens (including phenoxy) is 1. The van der Waals surface area contributed by atoms with Gasteiger partial charge in [0.15, 0.2) is 0 Å². The maximum absolute atomic E-state index is 13.1. The standard InChI is InChI=1S/C19H26F3N3O4S/c1-30(27,28)25-12-8-15(9-13-25)29-14-6-10-24(11-7-14)18(26)23-17-5-3-2-4-16(17)19(20,21)22/h2-5,14-15H,6-13H2,1H3,(H,23,26). The Kier molecular flexibility index (Phi) is 6.93. The fourth-order valence-corrected chi connectivity index (χ4v) is 4.67. The number of alkyl halides is 3. The second-order valence-corrected chi connectivity index (χ2v) is 9.64. The molecule has 0 radical (unpaired) electrons. The number of carbonyl (C=O) groups is 1. The van der Waals surface area contributed by atoms with Gasteiger partial charge in [0.05, 0.1) is 29.7 Å². The first-order chi connectivity index (χ1) is 14.0. The van der Waals surface area contributed by atoms with Crippen LogP contribution in [0, 0.1) is 0 Å². The van der Waals surface area contributed by atoms with E-state index in [9.17, 15) is 26.4 Å². The lowest BCUT2D eigenvalue weighted by atomic mass is 10.1. The number of rotatable bonds is 4. The van der Waals surface area contributed by atoms with Crippen LogP contribution in [0.5, 0.6) is 0 Å². The second kappa shape index (κ2) is 9.11. The molecule has 2 heterocycles. The number of nitrogens with zero attached hydrogens (tertiary/aromatic N) is 2. The van der Waals surface area contributed by atoms with Gasteiger partial charge >= 0.3 is 12.2 Å². The molecule has 0 unspecified atom stereocenters. The maximum Gasteiger partial charge on any atom is 0.418 e. The van der Waals surface area contributed by atoms with Crippen molar-refractivity contribution < 1.29 is 31.1 Å². The van der Waals surface area contributed by atoms with Gasteiger partial charge in [-0.3, -0.25) is 0 Å². The first-order valence-electron chi connectivity index (χ1n) is 9.87. The van der Waals surface area contributed by atoms with Crippen LogP contribution in [0.2, 0.25) is 0 Å². The van der Waals surface area contributed by atoms with Crippen LogP contribution in [0.15, 0.2) is 24.3 Å². The van der Waals surface area contributed by atoms with Crippen molar-refractivity contribution in [2.24, 2.45) is 0 Å². The molecule has 0 atom stereocenters. The van der Waals surface area contributed by atoms with E-state index < -0.39 is 27.8 Å². The molecule has 2 saturated heterocycles. The van der Waals surface area contributed by atoms with Gasteiger partial charge < -0.3 is 15.0 Å². The number of nitrogens with one attached hydrogen (secondary N) is 1. The zero-order valence-electron chi connectivity index (χ0n) is 16.7. The number of urea groups is 1. The summed E-state index contributed by atoms with van der Waals surface area (Å²) < 4.78 is 69.9. The van der Waals surface area contributed by atoms with Gasteiger partial charge in [0, 0.05) is 26.2 Å². The molecule has 1 aromatic rings. The number of halogens is 3. The van der Waals surface area contributed by atoms with Gasteiger partial charge in [-0.25, -0.2) is 17.5 Å². The Morgan fingerprint density at radius 2 is 1.57 bits per heavy atom. The summed E-state index contributed by atoms with van der Waals surface area (Å²) in [6, 6.07) is 4.33. The fraction of sp³-hybridized carbons (Fsp3) is 0.632. The molecule has 2 amide bonds. The number of carbonyl (C=O) groups excluding carboxylic acids is 1. The van der Waals surface area contributed by atoms with Gasteiger partial charge in [-0.15, -0.1) is 0 Å². The van der Waals surface area contributed by atoms with Crippen LogP contribution in [0.3, 0.4) is 0 Å². The Balaban J connectivity index is 1.47. The van der Waals surface area contributed by atoms with Crippen LogP contribution in [0.25, 0.3) is 0 Å². The van der Waals surface area contributed by atoms with Crippen molar-refractivity contribution in [3.8, 4) is 0 Å². The summed E-state index contributed by atoms with van der Waals surface area (Å²) in [5, 5.41) is 2.37. The third-order valence-electron chi connectivity index (χ3n) is 5.46. The van der Waals surface area contributed by atoms with E-state index in [4.69, 9.17) is 4.74 Å². The van der Waals surface area contributed by atoms with Crippen LogP contribution < -0.4 is 5.32 Å². The molecule has 2 fully saturated rings.